The Morgan fingerprint density at radius 1 is 1.32 bits per heavy atom. The van der Waals surface area contributed by atoms with Gasteiger partial charge in [0.2, 0.25) is 0 Å². The summed E-state index contributed by atoms with van der Waals surface area (Å²) in [4.78, 5) is 16.3. The van der Waals surface area contributed by atoms with Gasteiger partial charge in [-0.2, -0.15) is 0 Å². The number of aromatic nitrogens is 2. The van der Waals surface area contributed by atoms with Crippen LogP contribution in [0, 0.1) is 19.7 Å². The van der Waals surface area contributed by atoms with Crippen molar-refractivity contribution >= 4 is 5.97 Å². The van der Waals surface area contributed by atoms with E-state index in [0.717, 1.165) is 0 Å². The van der Waals surface area contributed by atoms with Gasteiger partial charge in [-0.3, -0.25) is 4.57 Å². The molecule has 0 saturated heterocycles. The van der Waals surface area contributed by atoms with Gasteiger partial charge in [0, 0.05) is 5.69 Å². The lowest BCUT2D eigenvalue weighted by Crippen LogP contribution is -2.13. The highest BCUT2D eigenvalue weighted by Gasteiger charge is 2.20. The van der Waals surface area contributed by atoms with Gasteiger partial charge >= 0.3 is 5.97 Å². The summed E-state index contributed by atoms with van der Waals surface area (Å²) >= 11 is 0. The van der Waals surface area contributed by atoms with Crippen molar-refractivity contribution in [3.8, 4) is 5.69 Å². The van der Waals surface area contributed by atoms with E-state index < -0.39 is 5.97 Å². The zero-order valence-electron chi connectivity index (χ0n) is 11.1. The summed E-state index contributed by atoms with van der Waals surface area (Å²) in [5, 5.41) is 0. The summed E-state index contributed by atoms with van der Waals surface area (Å²) in [6, 6.07) is 5.90. The number of ether oxygens (including phenoxy) is 1. The van der Waals surface area contributed by atoms with Crippen LogP contribution in [0.25, 0.3) is 5.69 Å². The van der Waals surface area contributed by atoms with Gasteiger partial charge in [0.15, 0.2) is 5.69 Å². The standard InChI is InChI=1S/C14H15FN2O2/c1-4-19-14(18)13-9(2)16-10(3)17(13)12-7-5-11(15)6-8-12/h5-8H,4H2,1-3H3. The van der Waals surface area contributed by atoms with Crippen LogP contribution in [0.1, 0.15) is 28.9 Å². The van der Waals surface area contributed by atoms with Gasteiger partial charge in [0.1, 0.15) is 11.6 Å². The number of esters is 1. The lowest BCUT2D eigenvalue weighted by Gasteiger charge is -2.10. The molecule has 0 amide bonds. The molecule has 0 radical (unpaired) electrons. The zero-order chi connectivity index (χ0) is 14.0. The maximum atomic E-state index is 13.0. The molecule has 1 heterocycles. The van der Waals surface area contributed by atoms with Gasteiger partial charge in [-0.25, -0.2) is 14.2 Å². The number of halogens is 1. The molecule has 100 valence electrons. The minimum Gasteiger partial charge on any atom is -0.461 e. The van der Waals surface area contributed by atoms with Crippen LogP contribution in [0.4, 0.5) is 4.39 Å². The Bertz CT molecular complexity index is 603. The average molecular weight is 262 g/mol. The van der Waals surface area contributed by atoms with Crippen LogP contribution in [0.15, 0.2) is 24.3 Å². The summed E-state index contributed by atoms with van der Waals surface area (Å²) in [6.45, 7) is 5.59. The smallest absolute Gasteiger partial charge is 0.357 e. The number of carbonyl (C=O) groups excluding carboxylic acids is 1. The van der Waals surface area contributed by atoms with Crippen molar-refractivity contribution < 1.29 is 13.9 Å². The van der Waals surface area contributed by atoms with E-state index in [1.165, 1.54) is 12.1 Å². The maximum Gasteiger partial charge on any atom is 0.357 e. The topological polar surface area (TPSA) is 44.1 Å². The van der Waals surface area contributed by atoms with E-state index in [1.54, 1.807) is 37.5 Å². The van der Waals surface area contributed by atoms with Crippen molar-refractivity contribution in [2.75, 3.05) is 6.61 Å². The molecule has 4 nitrogen and oxygen atoms in total. The fourth-order valence-corrected chi connectivity index (χ4v) is 2.01. The summed E-state index contributed by atoms with van der Waals surface area (Å²) in [6.07, 6.45) is 0. The van der Waals surface area contributed by atoms with Crippen LogP contribution >= 0.6 is 0 Å². The fourth-order valence-electron chi connectivity index (χ4n) is 2.01. The highest BCUT2D eigenvalue weighted by molar-refractivity contribution is 5.89. The Morgan fingerprint density at radius 2 is 1.95 bits per heavy atom. The molecule has 0 spiro atoms. The second kappa shape index (κ2) is 5.22. The number of hydrogen-bond donors (Lipinski definition) is 0. The predicted molar refractivity (Wildman–Crippen MR) is 69.0 cm³/mol. The zero-order valence-corrected chi connectivity index (χ0v) is 11.1. The summed E-state index contributed by atoms with van der Waals surface area (Å²) in [5.74, 6) is -0.0898. The molecule has 0 N–H and O–H groups in total. The Labute approximate surface area is 110 Å². The first-order chi connectivity index (χ1) is 9.04. The summed E-state index contributed by atoms with van der Waals surface area (Å²) < 4.78 is 19.7. The van der Waals surface area contributed by atoms with Crippen molar-refractivity contribution in [3.05, 3.63) is 47.3 Å². The van der Waals surface area contributed by atoms with Crippen molar-refractivity contribution in [2.45, 2.75) is 20.8 Å². The average Bonchev–Trinajstić information content (AvgIpc) is 2.65. The van der Waals surface area contributed by atoms with E-state index in [-0.39, 0.29) is 5.82 Å². The third-order valence-electron chi connectivity index (χ3n) is 2.77. The van der Waals surface area contributed by atoms with E-state index in [1.807, 2.05) is 0 Å². The number of rotatable bonds is 3. The van der Waals surface area contributed by atoms with Crippen LogP contribution in [0.5, 0.6) is 0 Å². The normalized spacial score (nSPS) is 10.5. The van der Waals surface area contributed by atoms with E-state index in [0.29, 0.717) is 29.5 Å². The number of benzene rings is 1. The van der Waals surface area contributed by atoms with Crippen LogP contribution < -0.4 is 0 Å². The highest BCUT2D eigenvalue weighted by atomic mass is 19.1. The predicted octanol–water partition coefficient (Wildman–Crippen LogP) is 2.80. The molecule has 19 heavy (non-hydrogen) atoms. The molecular formula is C14H15FN2O2. The van der Waals surface area contributed by atoms with E-state index in [4.69, 9.17) is 4.74 Å². The number of carbonyl (C=O) groups is 1. The van der Waals surface area contributed by atoms with Crippen LogP contribution in [-0.2, 0) is 4.74 Å². The van der Waals surface area contributed by atoms with E-state index in [2.05, 4.69) is 4.98 Å². The molecule has 0 atom stereocenters. The second-order valence-corrected chi connectivity index (χ2v) is 4.13. The maximum absolute atomic E-state index is 13.0. The molecule has 0 aliphatic heterocycles. The number of hydrogen-bond acceptors (Lipinski definition) is 3. The second-order valence-electron chi connectivity index (χ2n) is 4.13. The Morgan fingerprint density at radius 3 is 2.53 bits per heavy atom. The van der Waals surface area contributed by atoms with E-state index >= 15 is 0 Å². The monoisotopic (exact) mass is 262 g/mol. The minimum atomic E-state index is -0.426. The quantitative estimate of drug-likeness (QED) is 0.799. The fraction of sp³-hybridized carbons (Fsp3) is 0.286. The molecule has 0 aliphatic carbocycles. The van der Waals surface area contributed by atoms with Gasteiger partial charge < -0.3 is 4.74 Å². The van der Waals surface area contributed by atoms with Crippen LogP contribution in [0.2, 0.25) is 0 Å². The lowest BCUT2D eigenvalue weighted by molar-refractivity contribution is 0.0516. The number of aryl methyl sites for hydroxylation is 2. The summed E-state index contributed by atoms with van der Waals surface area (Å²) in [5.41, 5.74) is 1.66. The van der Waals surface area contributed by atoms with Crippen molar-refractivity contribution in [1.29, 1.82) is 0 Å². The van der Waals surface area contributed by atoms with Crippen molar-refractivity contribution in [3.63, 3.8) is 0 Å². The lowest BCUT2D eigenvalue weighted by atomic mass is 10.2. The van der Waals surface area contributed by atoms with Crippen molar-refractivity contribution in [1.82, 2.24) is 9.55 Å². The third-order valence-corrected chi connectivity index (χ3v) is 2.77. The molecule has 0 fully saturated rings. The first-order valence-corrected chi connectivity index (χ1v) is 6.03. The molecule has 2 aromatic rings. The Kier molecular flexibility index (Phi) is 3.64. The molecule has 2 rings (SSSR count). The highest BCUT2D eigenvalue weighted by Crippen LogP contribution is 2.19. The largest absolute Gasteiger partial charge is 0.461 e. The van der Waals surface area contributed by atoms with Gasteiger partial charge in [-0.15, -0.1) is 0 Å². The molecule has 0 aliphatic rings. The molecule has 0 saturated carbocycles. The first kappa shape index (κ1) is 13.3. The van der Waals surface area contributed by atoms with Crippen LogP contribution in [0.3, 0.4) is 0 Å². The molecule has 5 heteroatoms. The molecular weight excluding hydrogens is 247 g/mol. The molecule has 0 unspecified atom stereocenters. The number of imidazole rings is 1. The molecule has 1 aromatic carbocycles. The summed E-state index contributed by atoms with van der Waals surface area (Å²) in [7, 11) is 0. The van der Waals surface area contributed by atoms with Gasteiger partial charge in [0.05, 0.1) is 12.3 Å². The van der Waals surface area contributed by atoms with Gasteiger partial charge in [-0.05, 0) is 45.0 Å². The number of nitrogens with zero attached hydrogens (tertiary/aromatic N) is 2. The third kappa shape index (κ3) is 2.50. The van der Waals surface area contributed by atoms with Crippen LogP contribution in [-0.4, -0.2) is 22.1 Å². The molecule has 0 bridgehead atoms. The first-order valence-electron chi connectivity index (χ1n) is 6.03. The van der Waals surface area contributed by atoms with Crippen molar-refractivity contribution in [2.24, 2.45) is 0 Å². The molecule has 1 aromatic heterocycles. The van der Waals surface area contributed by atoms with Gasteiger partial charge in [0.25, 0.3) is 0 Å². The Hall–Kier alpha value is -2.17. The Balaban J connectivity index is 2.56. The minimum absolute atomic E-state index is 0.298. The van der Waals surface area contributed by atoms with Gasteiger partial charge in [-0.1, -0.05) is 0 Å². The van der Waals surface area contributed by atoms with E-state index in [9.17, 15) is 9.18 Å². The SMILES string of the molecule is CCOC(=O)c1c(C)nc(C)n1-c1ccc(F)cc1.